The maximum Gasteiger partial charge on any atom is 0.318 e. The Hall–Kier alpha value is -1.14. The van der Waals surface area contributed by atoms with E-state index in [4.69, 9.17) is 10.5 Å². The van der Waals surface area contributed by atoms with Crippen LogP contribution in [0, 0.1) is 0 Å². The second-order valence-electron chi connectivity index (χ2n) is 3.10. The van der Waals surface area contributed by atoms with Gasteiger partial charge in [-0.3, -0.25) is 10.1 Å². The van der Waals surface area contributed by atoms with E-state index in [0.717, 1.165) is 0 Å². The molecule has 0 spiro atoms. The predicted molar refractivity (Wildman–Crippen MR) is 51.7 cm³/mol. The van der Waals surface area contributed by atoms with Gasteiger partial charge >= 0.3 is 6.03 Å². The topological polar surface area (TPSA) is 93.4 Å². The van der Waals surface area contributed by atoms with Gasteiger partial charge in [0.1, 0.15) is 0 Å². The third-order valence-electron chi connectivity index (χ3n) is 1.59. The van der Waals surface area contributed by atoms with Gasteiger partial charge in [0, 0.05) is 13.2 Å². The summed E-state index contributed by atoms with van der Waals surface area (Å²) in [6, 6.07) is -1.29. The van der Waals surface area contributed by atoms with Crippen molar-refractivity contribution in [2.75, 3.05) is 13.7 Å². The van der Waals surface area contributed by atoms with Crippen LogP contribution in [-0.2, 0) is 9.53 Å². The quantitative estimate of drug-likeness (QED) is 0.545. The average Bonchev–Trinajstić information content (AvgIpc) is 2.02. The molecule has 3 amide bonds. The molecule has 0 saturated heterocycles. The highest BCUT2D eigenvalue weighted by Crippen LogP contribution is 1.88. The minimum absolute atomic E-state index is 0.0358. The van der Waals surface area contributed by atoms with E-state index in [1.165, 1.54) is 0 Å². The minimum Gasteiger partial charge on any atom is -0.383 e. The van der Waals surface area contributed by atoms with Crippen LogP contribution in [0.2, 0.25) is 0 Å². The lowest BCUT2D eigenvalue weighted by Crippen LogP contribution is -2.49. The predicted octanol–water partition coefficient (Wildman–Crippen LogP) is -0.806. The second kappa shape index (κ2) is 6.33. The van der Waals surface area contributed by atoms with Gasteiger partial charge in [0.15, 0.2) is 0 Å². The van der Waals surface area contributed by atoms with Gasteiger partial charge in [-0.05, 0) is 13.8 Å². The first-order chi connectivity index (χ1) is 6.47. The van der Waals surface area contributed by atoms with Crippen LogP contribution in [0.3, 0.4) is 0 Å². The summed E-state index contributed by atoms with van der Waals surface area (Å²) in [7, 11) is 1.58. The molecule has 0 radical (unpaired) electrons. The largest absolute Gasteiger partial charge is 0.383 e. The Labute approximate surface area is 83.2 Å². The highest BCUT2D eigenvalue weighted by Gasteiger charge is 2.15. The number of carbonyl (C=O) groups is 2. The first-order valence-corrected chi connectivity index (χ1v) is 4.32. The summed E-state index contributed by atoms with van der Waals surface area (Å²) in [5.74, 6) is -0.444. The SMILES string of the molecule is COCC(C)NC(C)C(=O)NC(N)=O. The first kappa shape index (κ1) is 12.9. The van der Waals surface area contributed by atoms with E-state index in [2.05, 4.69) is 5.32 Å². The van der Waals surface area contributed by atoms with Crippen molar-refractivity contribution in [2.45, 2.75) is 25.9 Å². The third-order valence-corrected chi connectivity index (χ3v) is 1.59. The first-order valence-electron chi connectivity index (χ1n) is 4.32. The molecule has 0 heterocycles. The lowest BCUT2D eigenvalue weighted by Gasteiger charge is -2.17. The van der Waals surface area contributed by atoms with E-state index < -0.39 is 18.0 Å². The second-order valence-corrected chi connectivity index (χ2v) is 3.10. The Balaban J connectivity index is 3.88. The van der Waals surface area contributed by atoms with Crippen LogP contribution in [0.15, 0.2) is 0 Å². The summed E-state index contributed by atoms with van der Waals surface area (Å²) in [5, 5.41) is 4.93. The van der Waals surface area contributed by atoms with Crippen LogP contribution in [-0.4, -0.2) is 37.7 Å². The maximum absolute atomic E-state index is 11.2. The molecular weight excluding hydrogens is 186 g/mol. The van der Waals surface area contributed by atoms with Crippen LogP contribution in [0.5, 0.6) is 0 Å². The maximum atomic E-state index is 11.2. The average molecular weight is 203 g/mol. The van der Waals surface area contributed by atoms with Crippen molar-refractivity contribution in [3.05, 3.63) is 0 Å². The van der Waals surface area contributed by atoms with Crippen molar-refractivity contribution in [3.63, 3.8) is 0 Å². The van der Waals surface area contributed by atoms with Crippen molar-refractivity contribution >= 4 is 11.9 Å². The number of nitrogens with one attached hydrogen (secondary N) is 2. The van der Waals surface area contributed by atoms with Crippen LogP contribution in [0.25, 0.3) is 0 Å². The molecule has 0 bridgehead atoms. The Morgan fingerprint density at radius 2 is 2.00 bits per heavy atom. The number of carbonyl (C=O) groups excluding carboxylic acids is 2. The Kier molecular flexibility index (Phi) is 5.82. The van der Waals surface area contributed by atoms with Crippen molar-refractivity contribution < 1.29 is 14.3 Å². The molecule has 4 N–H and O–H groups in total. The molecular formula is C8H17N3O3. The molecule has 0 aliphatic heterocycles. The highest BCUT2D eigenvalue weighted by molar-refractivity contribution is 5.96. The number of rotatable bonds is 5. The van der Waals surface area contributed by atoms with Gasteiger partial charge in [0.25, 0.3) is 0 Å². The van der Waals surface area contributed by atoms with Gasteiger partial charge in [-0.15, -0.1) is 0 Å². The molecule has 82 valence electrons. The number of imide groups is 1. The van der Waals surface area contributed by atoms with Gasteiger partial charge in [-0.1, -0.05) is 0 Å². The number of methoxy groups -OCH3 is 1. The van der Waals surface area contributed by atoms with Gasteiger partial charge in [0.2, 0.25) is 5.91 Å². The zero-order valence-corrected chi connectivity index (χ0v) is 8.66. The fourth-order valence-corrected chi connectivity index (χ4v) is 1.03. The molecule has 0 fully saturated rings. The molecule has 0 aliphatic carbocycles. The molecule has 0 aromatic rings. The third kappa shape index (κ3) is 5.50. The summed E-state index contributed by atoms with van der Waals surface area (Å²) in [4.78, 5) is 21.5. The summed E-state index contributed by atoms with van der Waals surface area (Å²) in [6.45, 7) is 4.01. The smallest absolute Gasteiger partial charge is 0.318 e. The Morgan fingerprint density at radius 1 is 1.43 bits per heavy atom. The van der Waals surface area contributed by atoms with Crippen LogP contribution in [0.4, 0.5) is 4.79 Å². The number of hydrogen-bond donors (Lipinski definition) is 3. The molecule has 0 aliphatic rings. The fourth-order valence-electron chi connectivity index (χ4n) is 1.03. The zero-order chi connectivity index (χ0) is 11.1. The number of urea groups is 1. The molecule has 6 nitrogen and oxygen atoms in total. The summed E-state index contributed by atoms with van der Waals surface area (Å²) in [6.07, 6.45) is 0. The number of ether oxygens (including phenoxy) is 1. The lowest BCUT2D eigenvalue weighted by molar-refractivity contribution is -0.121. The van der Waals surface area contributed by atoms with Crippen molar-refractivity contribution in [2.24, 2.45) is 5.73 Å². The standard InChI is InChI=1S/C8H17N3O3/c1-5(4-14-3)10-6(2)7(12)11-8(9)13/h5-6,10H,4H2,1-3H3,(H3,9,11,12,13). The van der Waals surface area contributed by atoms with E-state index in [1.54, 1.807) is 14.0 Å². The molecule has 0 aromatic heterocycles. The van der Waals surface area contributed by atoms with Gasteiger partial charge < -0.3 is 15.8 Å². The molecule has 0 saturated carbocycles. The van der Waals surface area contributed by atoms with Gasteiger partial charge in [-0.25, -0.2) is 4.79 Å². The van der Waals surface area contributed by atoms with Crippen molar-refractivity contribution in [1.29, 1.82) is 0 Å². The lowest BCUT2D eigenvalue weighted by atomic mass is 10.2. The van der Waals surface area contributed by atoms with Crippen molar-refractivity contribution in [3.8, 4) is 0 Å². The number of amides is 3. The van der Waals surface area contributed by atoms with Gasteiger partial charge in [0.05, 0.1) is 12.6 Å². The normalized spacial score (nSPS) is 14.5. The van der Waals surface area contributed by atoms with Crippen LogP contribution in [0.1, 0.15) is 13.8 Å². The molecule has 0 rings (SSSR count). The van der Waals surface area contributed by atoms with E-state index >= 15 is 0 Å². The number of hydrogen-bond acceptors (Lipinski definition) is 4. The van der Waals surface area contributed by atoms with E-state index in [-0.39, 0.29) is 6.04 Å². The van der Waals surface area contributed by atoms with E-state index in [0.29, 0.717) is 6.61 Å². The van der Waals surface area contributed by atoms with Crippen LogP contribution >= 0.6 is 0 Å². The minimum atomic E-state index is -0.844. The fraction of sp³-hybridized carbons (Fsp3) is 0.750. The Bertz CT molecular complexity index is 208. The number of primary amides is 1. The molecule has 2 atom stereocenters. The summed E-state index contributed by atoms with van der Waals surface area (Å²) in [5.41, 5.74) is 4.80. The highest BCUT2D eigenvalue weighted by atomic mass is 16.5. The molecule has 0 aromatic carbocycles. The zero-order valence-electron chi connectivity index (χ0n) is 8.66. The van der Waals surface area contributed by atoms with E-state index in [1.807, 2.05) is 12.2 Å². The van der Waals surface area contributed by atoms with Crippen LogP contribution < -0.4 is 16.4 Å². The monoisotopic (exact) mass is 203 g/mol. The Morgan fingerprint density at radius 3 is 2.43 bits per heavy atom. The molecule has 6 heteroatoms. The van der Waals surface area contributed by atoms with Crippen molar-refractivity contribution in [1.82, 2.24) is 10.6 Å². The van der Waals surface area contributed by atoms with Gasteiger partial charge in [-0.2, -0.15) is 0 Å². The summed E-state index contributed by atoms with van der Waals surface area (Å²) >= 11 is 0. The van der Waals surface area contributed by atoms with E-state index in [9.17, 15) is 9.59 Å². The molecule has 2 unspecified atom stereocenters. The number of nitrogens with two attached hydrogens (primary N) is 1. The summed E-state index contributed by atoms with van der Waals surface area (Å²) < 4.78 is 4.88. The molecule has 14 heavy (non-hydrogen) atoms.